The second-order valence-corrected chi connectivity index (χ2v) is 14.0. The van der Waals surface area contributed by atoms with Crippen LogP contribution < -0.4 is 30.3 Å². The topological polar surface area (TPSA) is 178 Å². The predicted octanol–water partition coefficient (Wildman–Crippen LogP) is 4.53. The van der Waals surface area contributed by atoms with E-state index in [2.05, 4.69) is 25.4 Å². The molecule has 0 aromatic heterocycles. The van der Waals surface area contributed by atoms with Gasteiger partial charge in [-0.15, -0.1) is 0 Å². The molecule has 0 radical (unpaired) electrons. The average Bonchev–Trinajstić information content (AvgIpc) is 3.88. The molecule has 0 bridgehead atoms. The number of ether oxygens (including phenoxy) is 1. The van der Waals surface area contributed by atoms with Crippen LogP contribution in [0.25, 0.3) is 0 Å². The van der Waals surface area contributed by atoms with E-state index in [1.54, 1.807) is 60.0 Å². The third-order valence-corrected chi connectivity index (χ3v) is 7.98. The molecule has 0 saturated heterocycles. The van der Waals surface area contributed by atoms with Crippen molar-refractivity contribution in [2.75, 3.05) is 42.1 Å². The molecule has 1 saturated carbocycles. The van der Waals surface area contributed by atoms with Gasteiger partial charge in [0, 0.05) is 44.5 Å². The van der Waals surface area contributed by atoms with Crippen LogP contribution in [-0.4, -0.2) is 76.8 Å². The second kappa shape index (κ2) is 18.9. The lowest BCUT2D eigenvalue weighted by Gasteiger charge is -2.30. The van der Waals surface area contributed by atoms with Gasteiger partial charge in [-0.1, -0.05) is 26.0 Å². The third kappa shape index (κ3) is 13.0. The summed E-state index contributed by atoms with van der Waals surface area (Å²) in [5, 5.41) is 7.91. The van der Waals surface area contributed by atoms with Crippen LogP contribution in [0, 0.1) is 12.7 Å². The number of carbonyl (C=O) groups excluding carboxylic acids is 4. The van der Waals surface area contributed by atoms with Crippen LogP contribution >= 0.6 is 0 Å². The van der Waals surface area contributed by atoms with Crippen LogP contribution in [0.3, 0.4) is 0 Å². The molecule has 3 amide bonds. The first kappa shape index (κ1) is 42.2. The summed E-state index contributed by atoms with van der Waals surface area (Å²) in [4.78, 5) is 53.2. The minimum Gasteiger partial charge on any atom is -0.444 e. The summed E-state index contributed by atoms with van der Waals surface area (Å²) < 4.78 is 50.5. The lowest BCUT2D eigenvalue weighted by atomic mass is 10.0. The van der Waals surface area contributed by atoms with Crippen molar-refractivity contribution in [1.82, 2.24) is 20.3 Å². The first-order valence-electron chi connectivity index (χ1n) is 16.5. The largest absolute Gasteiger partial charge is 0.444 e. The minimum atomic E-state index is -4.11. The molecule has 2 aromatic rings. The molecule has 0 unspecified atom stereocenters. The van der Waals surface area contributed by atoms with E-state index in [1.807, 2.05) is 13.8 Å². The van der Waals surface area contributed by atoms with Gasteiger partial charge < -0.3 is 30.5 Å². The molecule has 16 heteroatoms. The number of hydrogen-bond donors (Lipinski definition) is 5. The molecule has 0 aliphatic heterocycles. The molecule has 1 aliphatic rings. The number of nitrogens with zero attached hydrogens (tertiary/aromatic N) is 2. The molecule has 0 spiro atoms. The molecule has 1 aliphatic carbocycles. The fourth-order valence-corrected chi connectivity index (χ4v) is 5.48. The van der Waals surface area contributed by atoms with Crippen LogP contribution in [0.5, 0.6) is 0 Å². The van der Waals surface area contributed by atoms with Crippen molar-refractivity contribution in [2.24, 2.45) is 0 Å². The number of halogens is 1. The van der Waals surface area contributed by atoms with Crippen molar-refractivity contribution in [3.05, 3.63) is 76.5 Å². The number of carbonyl (C=O) groups is 4. The summed E-state index contributed by atoms with van der Waals surface area (Å²) in [6, 6.07) is 10.4. The molecular weight excluding hydrogens is 681 g/mol. The van der Waals surface area contributed by atoms with Gasteiger partial charge >= 0.3 is 6.09 Å². The Balaban J connectivity index is 0.00000442. The molecular formula is C35H50FN7O7S. The number of hydrogen-bond acceptors (Lipinski definition) is 9. The third-order valence-electron chi connectivity index (χ3n) is 6.89. The molecule has 0 atom stereocenters. The van der Waals surface area contributed by atoms with Gasteiger partial charge in [0.05, 0.1) is 17.1 Å². The zero-order chi connectivity index (χ0) is 38.5. The number of allylic oxidation sites excluding steroid dienone is 1. The van der Waals surface area contributed by atoms with Crippen LogP contribution in [-0.2, 0) is 29.3 Å². The maximum Gasteiger partial charge on any atom is 0.407 e. The monoisotopic (exact) mass is 731 g/mol. The first-order valence-corrected chi connectivity index (χ1v) is 17.9. The van der Waals surface area contributed by atoms with Crippen molar-refractivity contribution in [1.29, 1.82) is 0 Å². The number of benzene rings is 2. The van der Waals surface area contributed by atoms with Crippen molar-refractivity contribution in [3.8, 4) is 0 Å². The fraction of sp³-hybridized carbons (Fsp3) is 0.429. The number of aryl methyl sites for hydroxylation is 1. The van der Waals surface area contributed by atoms with Crippen molar-refractivity contribution in [3.63, 3.8) is 0 Å². The highest BCUT2D eigenvalue weighted by molar-refractivity contribution is 7.90. The van der Waals surface area contributed by atoms with Gasteiger partial charge in [0.1, 0.15) is 29.1 Å². The van der Waals surface area contributed by atoms with Gasteiger partial charge in [-0.3, -0.25) is 19.1 Å². The quantitative estimate of drug-likeness (QED) is 0.0718. The minimum absolute atomic E-state index is 0.0328. The number of alkyl carbamates (subject to hydrolysis) is 1. The van der Waals surface area contributed by atoms with E-state index in [0.29, 0.717) is 36.8 Å². The Kier molecular flexibility index (Phi) is 15.6. The Morgan fingerprint density at radius 3 is 2.25 bits per heavy atom. The summed E-state index contributed by atoms with van der Waals surface area (Å²) in [5.41, 5.74) is 0.296. The second-order valence-electron chi connectivity index (χ2n) is 12.5. The van der Waals surface area contributed by atoms with Gasteiger partial charge in [0.15, 0.2) is 0 Å². The maximum atomic E-state index is 15.0. The van der Waals surface area contributed by atoms with Gasteiger partial charge in [-0.2, -0.15) is 13.1 Å². The highest BCUT2D eigenvalue weighted by atomic mass is 32.2. The van der Waals surface area contributed by atoms with Crippen molar-refractivity contribution >= 4 is 52.0 Å². The Bertz CT molecular complexity index is 1730. The van der Waals surface area contributed by atoms with Crippen LogP contribution in [0.4, 0.5) is 26.2 Å². The SMILES string of the molecule is C/C(C=O)=C(NC=O)/C(C(=O)N(c1cccc(NS(=O)(=O)NCCNC(=O)OC(C)(C)C)c1)C1CC1)=C(/Nc1ccc(C)cc1F)N(C)C.CC. The van der Waals surface area contributed by atoms with E-state index in [-0.39, 0.29) is 53.2 Å². The normalized spacial score (nSPS) is 13.6. The van der Waals surface area contributed by atoms with E-state index >= 15 is 4.39 Å². The van der Waals surface area contributed by atoms with E-state index in [4.69, 9.17) is 4.74 Å². The summed E-state index contributed by atoms with van der Waals surface area (Å²) in [7, 11) is -0.877. The molecule has 0 heterocycles. The van der Waals surface area contributed by atoms with Crippen LogP contribution in [0.2, 0.25) is 0 Å². The summed E-state index contributed by atoms with van der Waals surface area (Å²) in [5.74, 6) is -1.13. The number of amides is 3. The van der Waals surface area contributed by atoms with E-state index in [9.17, 15) is 27.6 Å². The van der Waals surface area contributed by atoms with Crippen LogP contribution in [0.15, 0.2) is 65.1 Å². The molecule has 51 heavy (non-hydrogen) atoms. The average molecular weight is 732 g/mol. The molecule has 3 rings (SSSR count). The predicted molar refractivity (Wildman–Crippen MR) is 197 cm³/mol. The molecule has 14 nitrogen and oxygen atoms in total. The fourth-order valence-electron chi connectivity index (χ4n) is 4.60. The zero-order valence-corrected chi connectivity index (χ0v) is 31.5. The zero-order valence-electron chi connectivity index (χ0n) is 30.6. The van der Waals surface area contributed by atoms with E-state index in [0.717, 1.165) is 0 Å². The first-order chi connectivity index (χ1) is 24.0. The Morgan fingerprint density at radius 1 is 1.04 bits per heavy atom. The number of anilines is 3. The molecule has 5 N–H and O–H groups in total. The van der Waals surface area contributed by atoms with Crippen molar-refractivity contribution in [2.45, 2.75) is 73.0 Å². The van der Waals surface area contributed by atoms with E-state index in [1.165, 1.54) is 41.0 Å². The Labute approximate surface area is 300 Å². The van der Waals surface area contributed by atoms with Gasteiger partial charge in [0.2, 0.25) is 6.41 Å². The standard InChI is InChI=1S/C33H44FN7O7S.C2H6/c1-21-11-14-27(26(34)17-21)38-30(40(6)7)28(29(36-20-43)22(2)19-42)31(44)41(24-12-13-24)25-10-8-9-23(18-25)39-49(46,47)37-16-15-35-32(45)48-33(3,4)5;1-2/h8-11,14,17-20,24,37-39H,12-13,15-16H2,1-7H3,(H,35,45)(H,36,43);1-2H3/b29-22+,30-28+;. The van der Waals surface area contributed by atoms with Gasteiger partial charge in [-0.25, -0.2) is 9.18 Å². The summed E-state index contributed by atoms with van der Waals surface area (Å²) in [6.45, 7) is 12.1. The highest BCUT2D eigenvalue weighted by Crippen LogP contribution is 2.36. The molecule has 280 valence electrons. The highest BCUT2D eigenvalue weighted by Gasteiger charge is 2.38. The van der Waals surface area contributed by atoms with Gasteiger partial charge in [-0.05, 0) is 83.4 Å². The maximum absolute atomic E-state index is 15.0. The van der Waals surface area contributed by atoms with E-state index < -0.39 is 33.6 Å². The van der Waals surface area contributed by atoms with Gasteiger partial charge in [0.25, 0.3) is 16.1 Å². The van der Waals surface area contributed by atoms with Crippen LogP contribution in [0.1, 0.15) is 59.9 Å². The smallest absolute Gasteiger partial charge is 0.407 e. The number of aldehydes is 1. The number of rotatable bonds is 16. The lowest BCUT2D eigenvalue weighted by molar-refractivity contribution is -0.115. The summed E-state index contributed by atoms with van der Waals surface area (Å²) >= 11 is 0. The lowest BCUT2D eigenvalue weighted by Crippen LogP contribution is -2.40. The Morgan fingerprint density at radius 2 is 1.71 bits per heavy atom. The molecule has 1 fully saturated rings. The number of nitrogens with one attached hydrogen (secondary N) is 5. The van der Waals surface area contributed by atoms with Crippen molar-refractivity contribution < 1.29 is 36.7 Å². The summed E-state index contributed by atoms with van der Waals surface area (Å²) in [6.07, 6.45) is 1.40. The molecule has 2 aromatic carbocycles. The Hall–Kier alpha value is -4.96.